The van der Waals surface area contributed by atoms with Crippen LogP contribution in [0.4, 0.5) is 0 Å². The van der Waals surface area contributed by atoms with E-state index in [0.29, 0.717) is 11.5 Å². The van der Waals surface area contributed by atoms with Gasteiger partial charge in [0.2, 0.25) is 0 Å². The molecule has 1 saturated carbocycles. The first-order valence-electron chi connectivity index (χ1n) is 4.64. The number of nitrogens with zero attached hydrogens (tertiary/aromatic N) is 1. The van der Waals surface area contributed by atoms with Gasteiger partial charge in [-0.2, -0.15) is 0 Å². The highest BCUT2D eigenvalue weighted by molar-refractivity contribution is 9.10. The Kier molecular flexibility index (Phi) is 1.56. The highest BCUT2D eigenvalue weighted by Crippen LogP contribution is 2.59. The van der Waals surface area contributed by atoms with Crippen molar-refractivity contribution in [3.05, 3.63) is 28.5 Å². The smallest absolute Gasteiger partial charge is 0.0410 e. The van der Waals surface area contributed by atoms with E-state index in [1.807, 2.05) is 12.4 Å². The maximum Gasteiger partial charge on any atom is 0.0410 e. The molecule has 1 atom stereocenters. The van der Waals surface area contributed by atoms with Crippen LogP contribution in [0.1, 0.15) is 24.4 Å². The average molecular weight is 239 g/mol. The number of rotatable bonds is 1. The van der Waals surface area contributed by atoms with E-state index in [1.165, 1.54) is 24.9 Å². The van der Waals surface area contributed by atoms with Gasteiger partial charge in [0.25, 0.3) is 0 Å². The van der Waals surface area contributed by atoms with Gasteiger partial charge in [-0.3, -0.25) is 4.98 Å². The van der Waals surface area contributed by atoms with Gasteiger partial charge in [-0.1, -0.05) is 0 Å². The monoisotopic (exact) mass is 238 g/mol. The summed E-state index contributed by atoms with van der Waals surface area (Å²) >= 11 is 3.45. The zero-order valence-electron chi connectivity index (χ0n) is 7.26. The molecule has 3 rings (SSSR count). The van der Waals surface area contributed by atoms with Gasteiger partial charge in [0.05, 0.1) is 0 Å². The lowest BCUT2D eigenvalue weighted by Crippen LogP contribution is -2.47. The van der Waals surface area contributed by atoms with Crippen molar-refractivity contribution in [2.24, 2.45) is 5.41 Å². The molecule has 0 radical (unpaired) electrons. The first-order valence-corrected chi connectivity index (χ1v) is 5.43. The highest BCUT2D eigenvalue weighted by Gasteiger charge is 2.56. The van der Waals surface area contributed by atoms with Crippen LogP contribution in [0, 0.1) is 5.41 Å². The van der Waals surface area contributed by atoms with Crippen LogP contribution in [0.15, 0.2) is 22.9 Å². The SMILES string of the molecule is Brc1cncc(C2NCC23CC3)c1. The van der Waals surface area contributed by atoms with Crippen molar-refractivity contribution in [2.75, 3.05) is 6.54 Å². The Morgan fingerprint density at radius 2 is 2.31 bits per heavy atom. The third-order valence-corrected chi connectivity index (χ3v) is 3.66. The minimum atomic E-state index is 0.567. The van der Waals surface area contributed by atoms with Crippen LogP contribution < -0.4 is 5.32 Å². The summed E-state index contributed by atoms with van der Waals surface area (Å²) in [6.07, 6.45) is 6.58. The van der Waals surface area contributed by atoms with Crippen molar-refractivity contribution in [2.45, 2.75) is 18.9 Å². The molecule has 1 aliphatic carbocycles. The van der Waals surface area contributed by atoms with Gasteiger partial charge in [-0.25, -0.2) is 0 Å². The Bertz CT molecular complexity index is 347. The van der Waals surface area contributed by atoms with Crippen LogP contribution in [0.3, 0.4) is 0 Å². The molecule has 1 saturated heterocycles. The van der Waals surface area contributed by atoms with E-state index < -0.39 is 0 Å². The van der Waals surface area contributed by atoms with Crippen LogP contribution in [-0.2, 0) is 0 Å². The molecule has 2 aliphatic rings. The molecule has 1 unspecified atom stereocenters. The molecular formula is C10H11BrN2. The molecule has 1 aliphatic heterocycles. The second kappa shape index (κ2) is 2.55. The number of nitrogens with one attached hydrogen (secondary N) is 1. The van der Waals surface area contributed by atoms with Crippen molar-refractivity contribution in [1.29, 1.82) is 0 Å². The molecular weight excluding hydrogens is 228 g/mol. The minimum Gasteiger partial charge on any atom is -0.309 e. The van der Waals surface area contributed by atoms with Gasteiger partial charge in [-0.15, -0.1) is 0 Å². The van der Waals surface area contributed by atoms with Crippen LogP contribution in [0.25, 0.3) is 0 Å². The summed E-state index contributed by atoms with van der Waals surface area (Å²) in [7, 11) is 0. The highest BCUT2D eigenvalue weighted by atomic mass is 79.9. The van der Waals surface area contributed by atoms with Gasteiger partial charge in [-0.05, 0) is 40.4 Å². The third-order valence-electron chi connectivity index (χ3n) is 3.22. The summed E-state index contributed by atoms with van der Waals surface area (Å²) in [5.41, 5.74) is 1.95. The summed E-state index contributed by atoms with van der Waals surface area (Å²) in [5.74, 6) is 0. The summed E-state index contributed by atoms with van der Waals surface area (Å²) in [4.78, 5) is 4.19. The van der Waals surface area contributed by atoms with E-state index in [9.17, 15) is 0 Å². The van der Waals surface area contributed by atoms with E-state index in [-0.39, 0.29) is 0 Å². The molecule has 0 amide bonds. The fraction of sp³-hybridized carbons (Fsp3) is 0.500. The molecule has 1 N–H and O–H groups in total. The lowest BCUT2D eigenvalue weighted by Gasteiger charge is -2.39. The molecule has 0 aromatic carbocycles. The summed E-state index contributed by atoms with van der Waals surface area (Å²) in [5, 5.41) is 3.48. The van der Waals surface area contributed by atoms with Gasteiger partial charge < -0.3 is 5.32 Å². The van der Waals surface area contributed by atoms with Gasteiger partial charge in [0.1, 0.15) is 0 Å². The van der Waals surface area contributed by atoms with Crippen LogP contribution in [-0.4, -0.2) is 11.5 Å². The Balaban J connectivity index is 1.92. The Morgan fingerprint density at radius 3 is 2.85 bits per heavy atom. The maximum absolute atomic E-state index is 4.19. The molecule has 68 valence electrons. The van der Waals surface area contributed by atoms with E-state index in [1.54, 1.807) is 0 Å². The van der Waals surface area contributed by atoms with Gasteiger partial charge in [0.15, 0.2) is 0 Å². The normalized spacial score (nSPS) is 28.5. The molecule has 13 heavy (non-hydrogen) atoms. The first kappa shape index (κ1) is 7.94. The van der Waals surface area contributed by atoms with Crippen LogP contribution >= 0.6 is 15.9 Å². The minimum absolute atomic E-state index is 0.567. The molecule has 2 nitrogen and oxygen atoms in total. The third kappa shape index (κ3) is 1.14. The quantitative estimate of drug-likeness (QED) is 0.813. The van der Waals surface area contributed by atoms with E-state index in [4.69, 9.17) is 0 Å². The zero-order valence-corrected chi connectivity index (χ0v) is 8.84. The van der Waals surface area contributed by atoms with Crippen molar-refractivity contribution in [1.82, 2.24) is 10.3 Å². The second-order valence-electron chi connectivity index (χ2n) is 4.11. The van der Waals surface area contributed by atoms with Gasteiger partial charge >= 0.3 is 0 Å². The number of aromatic nitrogens is 1. The zero-order chi connectivity index (χ0) is 8.89. The first-order chi connectivity index (χ1) is 6.30. The van der Waals surface area contributed by atoms with Gasteiger partial charge in [0, 0.05) is 34.9 Å². The van der Waals surface area contributed by atoms with E-state index in [0.717, 1.165) is 4.47 Å². The van der Waals surface area contributed by atoms with Crippen molar-refractivity contribution in [3.63, 3.8) is 0 Å². The molecule has 1 aromatic heterocycles. The Hall–Kier alpha value is -0.410. The average Bonchev–Trinajstić information content (AvgIpc) is 2.82. The largest absolute Gasteiger partial charge is 0.309 e. The van der Waals surface area contributed by atoms with E-state index >= 15 is 0 Å². The summed E-state index contributed by atoms with van der Waals surface area (Å²) in [6.45, 7) is 1.20. The Labute approximate surface area is 85.9 Å². The standard InChI is InChI=1S/C10H11BrN2/c11-8-3-7(4-12-5-8)9-10(1-2-10)6-13-9/h3-5,9,13H,1-2,6H2. The van der Waals surface area contributed by atoms with Crippen molar-refractivity contribution < 1.29 is 0 Å². The molecule has 1 spiro atoms. The number of hydrogen-bond acceptors (Lipinski definition) is 2. The fourth-order valence-electron chi connectivity index (χ4n) is 2.18. The van der Waals surface area contributed by atoms with Crippen LogP contribution in [0.5, 0.6) is 0 Å². The fourth-order valence-corrected chi connectivity index (χ4v) is 2.56. The molecule has 2 heterocycles. The topological polar surface area (TPSA) is 24.9 Å². The number of halogens is 1. The lowest BCUT2D eigenvalue weighted by molar-refractivity contribution is 0.209. The Morgan fingerprint density at radius 1 is 1.46 bits per heavy atom. The number of pyridine rings is 1. The molecule has 2 fully saturated rings. The molecule has 1 aromatic rings. The van der Waals surface area contributed by atoms with Crippen molar-refractivity contribution >= 4 is 15.9 Å². The van der Waals surface area contributed by atoms with E-state index in [2.05, 4.69) is 32.3 Å². The predicted octanol–water partition coefficient (Wildman–Crippen LogP) is 2.27. The molecule has 0 bridgehead atoms. The predicted molar refractivity (Wildman–Crippen MR) is 54.3 cm³/mol. The second-order valence-corrected chi connectivity index (χ2v) is 5.03. The van der Waals surface area contributed by atoms with Crippen molar-refractivity contribution in [3.8, 4) is 0 Å². The molecule has 3 heteroatoms. The summed E-state index contributed by atoms with van der Waals surface area (Å²) in [6, 6.07) is 2.74. The maximum atomic E-state index is 4.19. The lowest BCUT2D eigenvalue weighted by atomic mass is 9.84. The summed E-state index contributed by atoms with van der Waals surface area (Å²) < 4.78 is 1.08. The number of hydrogen-bond donors (Lipinski definition) is 1. The van der Waals surface area contributed by atoms with Crippen LogP contribution in [0.2, 0.25) is 0 Å².